The molecular formula is C24H32O5. The van der Waals surface area contributed by atoms with Gasteiger partial charge in [0.25, 0.3) is 0 Å². The van der Waals surface area contributed by atoms with E-state index >= 15 is 0 Å². The number of hydrogen-bond donors (Lipinski definition) is 1. The first kappa shape index (κ1) is 21.4. The van der Waals surface area contributed by atoms with E-state index in [9.17, 15) is 9.90 Å². The van der Waals surface area contributed by atoms with Gasteiger partial charge in [-0.1, -0.05) is 34.1 Å². The van der Waals surface area contributed by atoms with Crippen LogP contribution >= 0.6 is 0 Å². The summed E-state index contributed by atoms with van der Waals surface area (Å²) in [5, 5.41) is 11.8. The van der Waals surface area contributed by atoms with E-state index in [1.165, 1.54) is 6.07 Å². The standard InChI is InChI=1S/C22H26O5.C2H6/c1-6-7-13-10-15(23)26-21-16(13)20-14(8-9-22(4,5)27-20)19-17(21)18(24)11(2)12(3)25-19;1-2/h8-12,18,24H,6-7H2,1-5H3;1-2H3/t11?,12-,18+;/m1./s1. The minimum absolute atomic E-state index is 0.121. The van der Waals surface area contributed by atoms with Crippen LogP contribution in [-0.2, 0) is 6.42 Å². The molecule has 5 nitrogen and oxygen atoms in total. The van der Waals surface area contributed by atoms with Crippen molar-refractivity contribution in [3.05, 3.63) is 39.3 Å². The van der Waals surface area contributed by atoms with Crippen LogP contribution in [0.1, 0.15) is 77.7 Å². The number of ether oxygens (including phenoxy) is 2. The molecule has 0 radical (unpaired) electrons. The monoisotopic (exact) mass is 400 g/mol. The van der Waals surface area contributed by atoms with E-state index in [4.69, 9.17) is 13.9 Å². The normalized spacial score (nSPS) is 23.9. The number of aliphatic hydroxyl groups excluding tert-OH is 1. The second-order valence-corrected chi connectivity index (χ2v) is 8.20. The number of rotatable bonds is 2. The van der Waals surface area contributed by atoms with Gasteiger partial charge in [0.05, 0.1) is 22.6 Å². The van der Waals surface area contributed by atoms with Crippen molar-refractivity contribution in [3.63, 3.8) is 0 Å². The lowest BCUT2D eigenvalue weighted by Crippen LogP contribution is -2.34. The summed E-state index contributed by atoms with van der Waals surface area (Å²) in [6.45, 7) is 13.9. The highest BCUT2D eigenvalue weighted by Crippen LogP contribution is 2.52. The molecule has 0 bridgehead atoms. The molecule has 0 spiro atoms. The summed E-state index contributed by atoms with van der Waals surface area (Å²) in [5.41, 5.74) is 1.72. The van der Waals surface area contributed by atoms with Gasteiger partial charge in [-0.2, -0.15) is 0 Å². The molecule has 29 heavy (non-hydrogen) atoms. The lowest BCUT2D eigenvalue weighted by molar-refractivity contribution is 0.0173. The molecule has 0 saturated carbocycles. The molecule has 2 aliphatic heterocycles. The summed E-state index contributed by atoms with van der Waals surface area (Å²) in [5.74, 6) is 1.10. The number of benzene rings is 1. The van der Waals surface area contributed by atoms with Gasteiger partial charge >= 0.3 is 5.63 Å². The quantitative estimate of drug-likeness (QED) is 0.683. The number of aliphatic hydroxyl groups is 1. The highest BCUT2D eigenvalue weighted by atomic mass is 16.5. The third kappa shape index (κ3) is 3.57. The van der Waals surface area contributed by atoms with Crippen LogP contribution in [0, 0.1) is 5.92 Å². The van der Waals surface area contributed by atoms with E-state index in [0.29, 0.717) is 22.6 Å². The van der Waals surface area contributed by atoms with Crippen LogP contribution in [0.3, 0.4) is 0 Å². The van der Waals surface area contributed by atoms with Gasteiger partial charge < -0.3 is 19.0 Å². The fourth-order valence-electron chi connectivity index (χ4n) is 3.98. The smallest absolute Gasteiger partial charge is 0.336 e. The summed E-state index contributed by atoms with van der Waals surface area (Å²) in [6.07, 6.45) is 4.65. The van der Waals surface area contributed by atoms with Gasteiger partial charge in [-0.15, -0.1) is 0 Å². The van der Waals surface area contributed by atoms with Gasteiger partial charge in [0.2, 0.25) is 0 Å². The van der Waals surface area contributed by atoms with Crippen molar-refractivity contribution in [1.29, 1.82) is 0 Å². The van der Waals surface area contributed by atoms with Crippen molar-refractivity contribution in [2.75, 3.05) is 0 Å². The zero-order valence-electron chi connectivity index (χ0n) is 18.5. The van der Waals surface area contributed by atoms with E-state index in [2.05, 4.69) is 6.92 Å². The number of fused-ring (bicyclic) bond motifs is 6. The van der Waals surface area contributed by atoms with E-state index < -0.39 is 17.3 Å². The molecule has 5 heteroatoms. The molecule has 1 unspecified atom stereocenters. The SMILES string of the molecule is CC.CCCc1cc(=O)oc2c3c(c4c(c12)OC(C)(C)C=C4)O[C@H](C)C(C)[C@@H]3O. The lowest BCUT2D eigenvalue weighted by atomic mass is 9.85. The zero-order chi connectivity index (χ0) is 21.5. The summed E-state index contributed by atoms with van der Waals surface area (Å²) >= 11 is 0. The van der Waals surface area contributed by atoms with Gasteiger partial charge in [-0.25, -0.2) is 4.79 Å². The van der Waals surface area contributed by atoms with Gasteiger partial charge in [0.1, 0.15) is 23.2 Å². The molecule has 4 rings (SSSR count). The summed E-state index contributed by atoms with van der Waals surface area (Å²) in [7, 11) is 0. The van der Waals surface area contributed by atoms with Crippen LogP contribution in [0.25, 0.3) is 17.0 Å². The van der Waals surface area contributed by atoms with E-state index in [1.54, 1.807) is 0 Å². The van der Waals surface area contributed by atoms with E-state index in [0.717, 1.165) is 29.4 Å². The second-order valence-electron chi connectivity index (χ2n) is 8.20. The number of aryl methyl sites for hydroxylation is 1. The molecule has 0 saturated heterocycles. The van der Waals surface area contributed by atoms with Crippen molar-refractivity contribution in [2.24, 2.45) is 5.92 Å². The molecule has 2 aliphatic rings. The van der Waals surface area contributed by atoms with E-state index in [-0.39, 0.29) is 12.0 Å². The molecule has 3 atom stereocenters. The minimum atomic E-state index is -0.778. The Bertz CT molecular complexity index is 999. The summed E-state index contributed by atoms with van der Waals surface area (Å²) in [6, 6.07) is 1.54. The molecule has 1 N–H and O–H groups in total. The third-order valence-corrected chi connectivity index (χ3v) is 5.62. The predicted molar refractivity (Wildman–Crippen MR) is 116 cm³/mol. The molecule has 3 heterocycles. The maximum absolute atomic E-state index is 12.3. The van der Waals surface area contributed by atoms with Crippen LogP contribution in [0.2, 0.25) is 0 Å². The van der Waals surface area contributed by atoms with Crippen molar-refractivity contribution in [3.8, 4) is 11.5 Å². The molecule has 0 amide bonds. The van der Waals surface area contributed by atoms with Gasteiger partial charge in [0, 0.05) is 12.0 Å². The van der Waals surface area contributed by atoms with Crippen LogP contribution < -0.4 is 15.1 Å². The third-order valence-electron chi connectivity index (χ3n) is 5.62. The highest BCUT2D eigenvalue weighted by molar-refractivity contribution is 5.97. The Morgan fingerprint density at radius 2 is 1.86 bits per heavy atom. The zero-order valence-corrected chi connectivity index (χ0v) is 18.5. The van der Waals surface area contributed by atoms with Crippen molar-refractivity contribution >= 4 is 17.0 Å². The van der Waals surface area contributed by atoms with Crippen LogP contribution in [0.15, 0.2) is 21.4 Å². The molecule has 0 fully saturated rings. The fourth-order valence-corrected chi connectivity index (χ4v) is 3.98. The Balaban J connectivity index is 0.00000117. The molecule has 158 valence electrons. The average Bonchev–Trinajstić information content (AvgIpc) is 2.66. The second kappa shape index (κ2) is 7.86. The summed E-state index contributed by atoms with van der Waals surface area (Å²) in [4.78, 5) is 12.3. The predicted octanol–water partition coefficient (Wildman–Crippen LogP) is 5.41. The first-order valence-corrected chi connectivity index (χ1v) is 10.6. The number of hydrogen-bond acceptors (Lipinski definition) is 5. The van der Waals surface area contributed by atoms with Crippen molar-refractivity contribution < 1.29 is 19.0 Å². The molecule has 1 aromatic carbocycles. The van der Waals surface area contributed by atoms with Crippen LogP contribution in [0.5, 0.6) is 11.5 Å². The Kier molecular flexibility index (Phi) is 5.81. The first-order valence-electron chi connectivity index (χ1n) is 10.6. The van der Waals surface area contributed by atoms with Gasteiger partial charge in [0.15, 0.2) is 5.58 Å². The minimum Gasteiger partial charge on any atom is -0.489 e. The molecule has 1 aromatic heterocycles. The van der Waals surface area contributed by atoms with Gasteiger partial charge in [-0.05, 0) is 44.9 Å². The molecule has 2 aromatic rings. The van der Waals surface area contributed by atoms with Gasteiger partial charge in [-0.3, -0.25) is 0 Å². The topological polar surface area (TPSA) is 68.9 Å². The lowest BCUT2D eigenvalue weighted by Gasteiger charge is -2.37. The first-order chi connectivity index (χ1) is 13.7. The Morgan fingerprint density at radius 1 is 1.17 bits per heavy atom. The molecule has 0 aliphatic carbocycles. The molecular weight excluding hydrogens is 368 g/mol. The maximum atomic E-state index is 12.3. The Hall–Kier alpha value is -2.27. The van der Waals surface area contributed by atoms with Crippen molar-refractivity contribution in [1.82, 2.24) is 0 Å². The largest absolute Gasteiger partial charge is 0.489 e. The Labute approximate surface area is 172 Å². The highest BCUT2D eigenvalue weighted by Gasteiger charge is 2.39. The van der Waals surface area contributed by atoms with Crippen molar-refractivity contribution in [2.45, 2.75) is 79.1 Å². The maximum Gasteiger partial charge on any atom is 0.336 e. The van der Waals surface area contributed by atoms with Crippen LogP contribution in [0.4, 0.5) is 0 Å². The Morgan fingerprint density at radius 3 is 2.52 bits per heavy atom. The summed E-state index contributed by atoms with van der Waals surface area (Å²) < 4.78 is 18.1. The fraction of sp³-hybridized carbons (Fsp3) is 0.542. The average molecular weight is 401 g/mol. The van der Waals surface area contributed by atoms with Crippen LogP contribution in [-0.4, -0.2) is 16.8 Å². The van der Waals surface area contributed by atoms with E-state index in [1.807, 2.05) is 53.7 Å².